The van der Waals surface area contributed by atoms with Crippen LogP contribution in [0.15, 0.2) is 29.3 Å². The monoisotopic (exact) mass is 323 g/mol. The SMILES string of the molecule is CN=C(NCc1ccc(OC(C)C)cc1)NCC(C)(C)SC. The van der Waals surface area contributed by atoms with Crippen molar-refractivity contribution in [2.24, 2.45) is 4.99 Å². The minimum atomic E-state index is 0.188. The summed E-state index contributed by atoms with van der Waals surface area (Å²) in [5.74, 6) is 1.73. The number of aliphatic imine (C=N–C) groups is 1. The zero-order valence-electron chi connectivity index (χ0n) is 14.6. The van der Waals surface area contributed by atoms with Crippen molar-refractivity contribution in [1.82, 2.24) is 10.6 Å². The van der Waals surface area contributed by atoms with Crippen molar-refractivity contribution >= 4 is 17.7 Å². The molecule has 22 heavy (non-hydrogen) atoms. The normalized spacial score (nSPS) is 12.4. The standard InChI is InChI=1S/C17H29N3OS/c1-13(2)21-15-9-7-14(8-10-15)11-19-16(18-5)20-12-17(3,4)22-6/h7-10,13H,11-12H2,1-6H3,(H2,18,19,20). The van der Waals surface area contributed by atoms with E-state index < -0.39 is 0 Å². The zero-order chi connectivity index (χ0) is 16.6. The molecular formula is C17H29N3OS. The fourth-order valence-electron chi connectivity index (χ4n) is 1.73. The van der Waals surface area contributed by atoms with Gasteiger partial charge in [0.2, 0.25) is 0 Å². The van der Waals surface area contributed by atoms with Crippen LogP contribution in [0.3, 0.4) is 0 Å². The first kappa shape index (κ1) is 18.7. The molecular weight excluding hydrogens is 294 g/mol. The lowest BCUT2D eigenvalue weighted by Gasteiger charge is -2.23. The fraction of sp³-hybridized carbons (Fsp3) is 0.588. The number of rotatable bonds is 7. The Morgan fingerprint density at radius 2 is 1.86 bits per heavy atom. The quantitative estimate of drug-likeness (QED) is 0.597. The molecule has 0 saturated heterocycles. The molecule has 2 N–H and O–H groups in total. The predicted octanol–water partition coefficient (Wildman–Crippen LogP) is 3.28. The van der Waals surface area contributed by atoms with Crippen LogP contribution in [0.2, 0.25) is 0 Å². The van der Waals surface area contributed by atoms with Crippen molar-refractivity contribution in [2.45, 2.75) is 45.1 Å². The number of hydrogen-bond donors (Lipinski definition) is 2. The molecule has 0 aliphatic rings. The molecule has 1 aromatic rings. The van der Waals surface area contributed by atoms with Gasteiger partial charge < -0.3 is 15.4 Å². The molecule has 0 aromatic heterocycles. The lowest BCUT2D eigenvalue weighted by molar-refractivity contribution is 0.242. The average molecular weight is 324 g/mol. The Labute approximate surface area is 139 Å². The Morgan fingerprint density at radius 3 is 2.36 bits per heavy atom. The lowest BCUT2D eigenvalue weighted by atomic mass is 10.2. The number of hydrogen-bond acceptors (Lipinski definition) is 3. The van der Waals surface area contributed by atoms with Gasteiger partial charge in [-0.05, 0) is 51.6 Å². The van der Waals surface area contributed by atoms with Gasteiger partial charge in [0.1, 0.15) is 5.75 Å². The van der Waals surface area contributed by atoms with Gasteiger partial charge in [0.05, 0.1) is 6.10 Å². The molecule has 0 spiro atoms. The molecule has 0 heterocycles. The maximum atomic E-state index is 5.65. The second kappa shape index (κ2) is 8.93. The van der Waals surface area contributed by atoms with E-state index in [1.807, 2.05) is 37.7 Å². The summed E-state index contributed by atoms with van der Waals surface area (Å²) in [6.45, 7) is 10.1. The van der Waals surface area contributed by atoms with Gasteiger partial charge in [0.25, 0.3) is 0 Å². The topological polar surface area (TPSA) is 45.7 Å². The Morgan fingerprint density at radius 1 is 1.23 bits per heavy atom. The highest BCUT2D eigenvalue weighted by Crippen LogP contribution is 2.19. The van der Waals surface area contributed by atoms with E-state index in [2.05, 4.69) is 47.9 Å². The van der Waals surface area contributed by atoms with Gasteiger partial charge >= 0.3 is 0 Å². The largest absolute Gasteiger partial charge is 0.491 e. The van der Waals surface area contributed by atoms with Gasteiger partial charge in [-0.1, -0.05) is 12.1 Å². The van der Waals surface area contributed by atoms with Crippen molar-refractivity contribution in [3.8, 4) is 5.75 Å². The first-order valence-corrected chi connectivity index (χ1v) is 8.84. The van der Waals surface area contributed by atoms with Gasteiger partial charge in [-0.15, -0.1) is 0 Å². The predicted molar refractivity (Wildman–Crippen MR) is 98.0 cm³/mol. The molecule has 0 saturated carbocycles. The summed E-state index contributed by atoms with van der Waals surface area (Å²) in [7, 11) is 1.79. The summed E-state index contributed by atoms with van der Waals surface area (Å²) >= 11 is 1.84. The van der Waals surface area contributed by atoms with Gasteiger partial charge in [-0.3, -0.25) is 4.99 Å². The van der Waals surface area contributed by atoms with Crippen LogP contribution in [0.4, 0.5) is 0 Å². The van der Waals surface area contributed by atoms with E-state index in [1.165, 1.54) is 5.56 Å². The highest BCUT2D eigenvalue weighted by Gasteiger charge is 2.15. The smallest absolute Gasteiger partial charge is 0.191 e. The minimum Gasteiger partial charge on any atom is -0.491 e. The van der Waals surface area contributed by atoms with E-state index >= 15 is 0 Å². The molecule has 4 nitrogen and oxygen atoms in total. The number of nitrogens with one attached hydrogen (secondary N) is 2. The summed E-state index contributed by atoms with van der Waals surface area (Å²) in [6, 6.07) is 8.15. The molecule has 0 fully saturated rings. The Kier molecular flexibility index (Phi) is 7.59. The highest BCUT2D eigenvalue weighted by molar-refractivity contribution is 7.99. The fourth-order valence-corrected chi connectivity index (χ4v) is 1.95. The lowest BCUT2D eigenvalue weighted by Crippen LogP contribution is -2.42. The number of nitrogens with zero attached hydrogens (tertiary/aromatic N) is 1. The molecule has 0 aliphatic heterocycles. The molecule has 1 rings (SSSR count). The molecule has 0 unspecified atom stereocenters. The third kappa shape index (κ3) is 7.07. The first-order valence-electron chi connectivity index (χ1n) is 7.61. The van der Waals surface area contributed by atoms with Crippen molar-refractivity contribution < 1.29 is 4.74 Å². The van der Waals surface area contributed by atoms with E-state index in [1.54, 1.807) is 7.05 Å². The summed E-state index contributed by atoms with van der Waals surface area (Å²) in [5, 5.41) is 6.69. The van der Waals surface area contributed by atoms with Crippen molar-refractivity contribution in [3.63, 3.8) is 0 Å². The number of guanidine groups is 1. The summed E-state index contributed by atoms with van der Waals surface area (Å²) < 4.78 is 5.83. The van der Waals surface area contributed by atoms with Crippen LogP contribution in [0.5, 0.6) is 5.75 Å². The number of ether oxygens (including phenoxy) is 1. The van der Waals surface area contributed by atoms with Crippen LogP contribution in [0.25, 0.3) is 0 Å². The molecule has 0 aliphatic carbocycles. The summed E-state index contributed by atoms with van der Waals surface area (Å²) in [4.78, 5) is 4.26. The van der Waals surface area contributed by atoms with Crippen molar-refractivity contribution in [2.75, 3.05) is 19.8 Å². The highest BCUT2D eigenvalue weighted by atomic mass is 32.2. The maximum absolute atomic E-state index is 5.65. The molecule has 0 amide bonds. The van der Waals surface area contributed by atoms with Gasteiger partial charge in [-0.25, -0.2) is 0 Å². The third-order valence-electron chi connectivity index (χ3n) is 3.21. The Bertz CT molecular complexity index is 469. The summed E-state index contributed by atoms with van der Waals surface area (Å²) in [5.41, 5.74) is 1.20. The third-order valence-corrected chi connectivity index (χ3v) is 4.46. The van der Waals surface area contributed by atoms with Crippen LogP contribution in [0, 0.1) is 0 Å². The van der Waals surface area contributed by atoms with Crippen molar-refractivity contribution in [3.05, 3.63) is 29.8 Å². The van der Waals surface area contributed by atoms with Gasteiger partial charge in [-0.2, -0.15) is 11.8 Å². The van der Waals surface area contributed by atoms with Crippen LogP contribution < -0.4 is 15.4 Å². The molecule has 124 valence electrons. The molecule has 1 aromatic carbocycles. The van der Waals surface area contributed by atoms with E-state index in [0.717, 1.165) is 24.8 Å². The molecule has 5 heteroatoms. The summed E-state index contributed by atoms with van der Waals surface area (Å²) in [6.07, 6.45) is 2.32. The average Bonchev–Trinajstić information content (AvgIpc) is 2.48. The van der Waals surface area contributed by atoms with Gasteiger partial charge in [0, 0.05) is 24.9 Å². The first-order chi connectivity index (χ1) is 10.4. The second-order valence-corrected chi connectivity index (χ2v) is 7.57. The Balaban J connectivity index is 2.46. The van der Waals surface area contributed by atoms with Crippen LogP contribution in [0.1, 0.15) is 33.3 Å². The Hall–Kier alpha value is -1.36. The molecule has 0 bridgehead atoms. The number of benzene rings is 1. The number of thioether (sulfide) groups is 1. The van der Waals surface area contributed by atoms with E-state index in [9.17, 15) is 0 Å². The maximum Gasteiger partial charge on any atom is 0.191 e. The van der Waals surface area contributed by atoms with E-state index in [-0.39, 0.29) is 10.9 Å². The van der Waals surface area contributed by atoms with E-state index in [4.69, 9.17) is 4.74 Å². The molecule has 0 atom stereocenters. The van der Waals surface area contributed by atoms with Crippen molar-refractivity contribution in [1.29, 1.82) is 0 Å². The molecule has 0 radical (unpaired) electrons. The van der Waals surface area contributed by atoms with Crippen LogP contribution in [-0.4, -0.2) is 36.7 Å². The minimum absolute atomic E-state index is 0.188. The van der Waals surface area contributed by atoms with Crippen LogP contribution >= 0.6 is 11.8 Å². The zero-order valence-corrected chi connectivity index (χ0v) is 15.4. The van der Waals surface area contributed by atoms with Gasteiger partial charge in [0.15, 0.2) is 5.96 Å². The second-order valence-electron chi connectivity index (χ2n) is 6.05. The van der Waals surface area contributed by atoms with Crippen LogP contribution in [-0.2, 0) is 6.54 Å². The van der Waals surface area contributed by atoms with E-state index in [0.29, 0.717) is 0 Å².